The first-order valence-corrected chi connectivity index (χ1v) is 13.8. The van der Waals surface area contributed by atoms with E-state index in [4.69, 9.17) is 4.74 Å². The zero-order valence-electron chi connectivity index (χ0n) is 23.2. The van der Waals surface area contributed by atoms with Crippen LogP contribution in [0, 0.1) is 5.82 Å². The second-order valence-corrected chi connectivity index (χ2v) is 10.1. The number of methoxy groups -OCH3 is 1. The summed E-state index contributed by atoms with van der Waals surface area (Å²) in [6.45, 7) is 1.80. The molecular formula is C31H33FN6O3. The van der Waals surface area contributed by atoms with Gasteiger partial charge in [0.05, 0.1) is 7.11 Å². The number of hydrogen-bond acceptors (Lipinski definition) is 6. The molecule has 9 nitrogen and oxygen atoms in total. The number of nitrogens with one attached hydrogen (secondary N) is 1. The highest BCUT2D eigenvalue weighted by Crippen LogP contribution is 2.31. The van der Waals surface area contributed by atoms with E-state index >= 15 is 0 Å². The SMILES string of the molecule is CCc1ccc(N(C(=O)Cn2nnc(-c3ccc(F)cc3)n2)C(C(=O)NC2CCCC2)c2ccc(OC)cc2)cc1. The molecule has 0 spiro atoms. The number of rotatable bonds is 10. The summed E-state index contributed by atoms with van der Waals surface area (Å²) in [6.07, 6.45) is 4.79. The molecule has 0 saturated heterocycles. The van der Waals surface area contributed by atoms with Crippen LogP contribution in [0.1, 0.15) is 49.8 Å². The van der Waals surface area contributed by atoms with Crippen LogP contribution < -0.4 is 15.0 Å². The fraction of sp³-hybridized carbons (Fsp3) is 0.323. The smallest absolute Gasteiger partial charge is 0.251 e. The van der Waals surface area contributed by atoms with Crippen molar-refractivity contribution in [3.05, 3.63) is 89.7 Å². The quantitative estimate of drug-likeness (QED) is 0.299. The van der Waals surface area contributed by atoms with Crippen molar-refractivity contribution in [3.63, 3.8) is 0 Å². The number of benzene rings is 3. The van der Waals surface area contributed by atoms with Crippen molar-refractivity contribution in [1.29, 1.82) is 0 Å². The van der Waals surface area contributed by atoms with Crippen LogP contribution in [-0.4, -0.2) is 45.2 Å². The van der Waals surface area contributed by atoms with Crippen molar-refractivity contribution < 1.29 is 18.7 Å². The minimum atomic E-state index is -0.943. The molecule has 1 N–H and O–H groups in total. The highest BCUT2D eigenvalue weighted by molar-refractivity contribution is 6.01. The second-order valence-electron chi connectivity index (χ2n) is 10.1. The first kappa shape index (κ1) is 27.9. The molecular weight excluding hydrogens is 523 g/mol. The van der Waals surface area contributed by atoms with Crippen LogP contribution in [0.3, 0.4) is 0 Å². The van der Waals surface area contributed by atoms with Gasteiger partial charge in [-0.3, -0.25) is 14.5 Å². The van der Waals surface area contributed by atoms with E-state index < -0.39 is 6.04 Å². The van der Waals surface area contributed by atoms with Gasteiger partial charge in [-0.25, -0.2) is 4.39 Å². The lowest BCUT2D eigenvalue weighted by Gasteiger charge is -2.32. The molecule has 1 fully saturated rings. The first-order chi connectivity index (χ1) is 19.9. The van der Waals surface area contributed by atoms with Crippen LogP contribution in [0.25, 0.3) is 11.4 Å². The molecule has 0 radical (unpaired) electrons. The number of amides is 2. The van der Waals surface area contributed by atoms with Gasteiger partial charge in [0.25, 0.3) is 5.91 Å². The van der Waals surface area contributed by atoms with Crippen LogP contribution in [0.5, 0.6) is 5.75 Å². The number of hydrogen-bond donors (Lipinski definition) is 1. The third-order valence-corrected chi connectivity index (χ3v) is 7.36. The minimum absolute atomic E-state index is 0.0675. The van der Waals surface area contributed by atoms with Crippen LogP contribution in [0.4, 0.5) is 10.1 Å². The van der Waals surface area contributed by atoms with Crippen LogP contribution >= 0.6 is 0 Å². The maximum Gasteiger partial charge on any atom is 0.251 e. The van der Waals surface area contributed by atoms with Crippen molar-refractivity contribution in [2.75, 3.05) is 12.0 Å². The van der Waals surface area contributed by atoms with Gasteiger partial charge >= 0.3 is 0 Å². The van der Waals surface area contributed by atoms with E-state index in [-0.39, 0.29) is 36.0 Å². The van der Waals surface area contributed by atoms with Crippen LogP contribution in [0.15, 0.2) is 72.8 Å². The molecule has 1 aromatic heterocycles. The lowest BCUT2D eigenvalue weighted by molar-refractivity contribution is -0.127. The molecule has 1 unspecified atom stereocenters. The largest absolute Gasteiger partial charge is 0.497 e. The summed E-state index contributed by atoms with van der Waals surface area (Å²) in [5.41, 5.74) is 2.91. The number of anilines is 1. The molecule has 1 atom stereocenters. The van der Waals surface area contributed by atoms with Gasteiger partial charge in [0.15, 0.2) is 0 Å². The third-order valence-electron chi connectivity index (χ3n) is 7.36. The lowest BCUT2D eigenvalue weighted by atomic mass is 10.0. The van der Waals surface area contributed by atoms with Gasteiger partial charge in [-0.15, -0.1) is 10.2 Å². The van der Waals surface area contributed by atoms with E-state index in [2.05, 4.69) is 27.7 Å². The van der Waals surface area contributed by atoms with Crippen molar-refractivity contribution in [1.82, 2.24) is 25.5 Å². The maximum absolute atomic E-state index is 14.1. The Kier molecular flexibility index (Phi) is 8.67. The topological polar surface area (TPSA) is 102 Å². The van der Waals surface area contributed by atoms with E-state index in [9.17, 15) is 14.0 Å². The van der Waals surface area contributed by atoms with Crippen molar-refractivity contribution in [2.24, 2.45) is 0 Å². The lowest BCUT2D eigenvalue weighted by Crippen LogP contribution is -2.47. The van der Waals surface area contributed by atoms with E-state index in [1.165, 1.54) is 21.8 Å². The van der Waals surface area contributed by atoms with Crippen LogP contribution in [0.2, 0.25) is 0 Å². The maximum atomic E-state index is 14.1. The summed E-state index contributed by atoms with van der Waals surface area (Å²) in [7, 11) is 1.58. The first-order valence-electron chi connectivity index (χ1n) is 13.8. The molecule has 2 amide bonds. The fourth-order valence-electron chi connectivity index (χ4n) is 5.11. The predicted octanol–water partition coefficient (Wildman–Crippen LogP) is 4.88. The van der Waals surface area contributed by atoms with Crippen LogP contribution in [-0.2, 0) is 22.6 Å². The summed E-state index contributed by atoms with van der Waals surface area (Å²) in [5, 5.41) is 15.6. The number of tetrazole rings is 1. The Balaban J connectivity index is 1.51. The van der Waals surface area contributed by atoms with Gasteiger partial charge < -0.3 is 10.1 Å². The number of carbonyl (C=O) groups is 2. The summed E-state index contributed by atoms with van der Waals surface area (Å²) >= 11 is 0. The van der Waals surface area contributed by atoms with Crippen molar-refractivity contribution in [2.45, 2.75) is 57.7 Å². The standard InChI is InChI=1S/C31H33FN6O3/c1-3-21-8-16-26(17-9-21)38(28(39)20-37-35-30(34-36-37)23-10-14-24(32)15-11-23)29(22-12-18-27(41-2)19-13-22)31(40)33-25-6-4-5-7-25/h8-19,25,29H,3-7,20H2,1-2H3,(H,33,40). The Labute approximate surface area is 238 Å². The normalized spacial score (nSPS) is 14.0. The summed E-state index contributed by atoms with van der Waals surface area (Å²) in [4.78, 5) is 30.7. The number of halogens is 1. The number of carbonyl (C=O) groups excluding carboxylic acids is 2. The van der Waals surface area contributed by atoms with E-state index in [1.54, 1.807) is 43.5 Å². The van der Waals surface area contributed by atoms with E-state index in [0.717, 1.165) is 37.7 Å². The Bertz CT molecular complexity index is 1470. The minimum Gasteiger partial charge on any atom is -0.497 e. The number of aromatic nitrogens is 4. The molecule has 212 valence electrons. The average Bonchev–Trinajstić information content (AvgIpc) is 3.69. The Hall–Kier alpha value is -4.60. The Morgan fingerprint density at radius 1 is 1.02 bits per heavy atom. The Morgan fingerprint density at radius 3 is 2.34 bits per heavy atom. The summed E-state index contributed by atoms with van der Waals surface area (Å²) in [5.74, 6) is -0.105. The fourth-order valence-corrected chi connectivity index (χ4v) is 5.11. The molecule has 3 aromatic carbocycles. The zero-order chi connectivity index (χ0) is 28.8. The average molecular weight is 557 g/mol. The van der Waals surface area contributed by atoms with Gasteiger partial charge in [-0.1, -0.05) is 44.0 Å². The molecule has 1 aliphatic rings. The van der Waals surface area contributed by atoms with Gasteiger partial charge in [-0.2, -0.15) is 4.80 Å². The zero-order valence-corrected chi connectivity index (χ0v) is 23.2. The second kappa shape index (κ2) is 12.7. The third kappa shape index (κ3) is 6.59. The monoisotopic (exact) mass is 556 g/mol. The highest BCUT2D eigenvalue weighted by atomic mass is 19.1. The molecule has 1 heterocycles. The van der Waals surface area contributed by atoms with Gasteiger partial charge in [0.2, 0.25) is 11.7 Å². The molecule has 1 aliphatic carbocycles. The molecule has 1 saturated carbocycles. The summed E-state index contributed by atoms with van der Waals surface area (Å²) < 4.78 is 18.7. The van der Waals surface area contributed by atoms with Gasteiger partial charge in [0.1, 0.15) is 24.2 Å². The molecule has 0 bridgehead atoms. The van der Waals surface area contributed by atoms with Crippen molar-refractivity contribution in [3.8, 4) is 17.1 Å². The number of ether oxygens (including phenoxy) is 1. The predicted molar refractivity (Wildman–Crippen MR) is 153 cm³/mol. The number of aryl methyl sites for hydroxylation is 1. The molecule has 5 rings (SSSR count). The molecule has 4 aromatic rings. The molecule has 0 aliphatic heterocycles. The van der Waals surface area contributed by atoms with Crippen molar-refractivity contribution >= 4 is 17.5 Å². The highest BCUT2D eigenvalue weighted by Gasteiger charge is 2.34. The molecule has 41 heavy (non-hydrogen) atoms. The molecule has 10 heteroatoms. The van der Waals surface area contributed by atoms with E-state index in [0.29, 0.717) is 22.6 Å². The summed E-state index contributed by atoms with van der Waals surface area (Å²) in [6, 6.07) is 19.6. The van der Waals surface area contributed by atoms with Gasteiger partial charge in [-0.05, 0) is 84.1 Å². The Morgan fingerprint density at radius 2 is 1.71 bits per heavy atom. The number of nitrogens with zero attached hydrogens (tertiary/aromatic N) is 5. The van der Waals surface area contributed by atoms with Gasteiger partial charge in [0, 0.05) is 17.3 Å². The van der Waals surface area contributed by atoms with E-state index in [1.807, 2.05) is 24.3 Å².